The molecule has 1 atom stereocenters. The predicted octanol–water partition coefficient (Wildman–Crippen LogP) is 2.10. The molecule has 2 aromatic rings. The Bertz CT molecular complexity index is 586. The Kier molecular flexibility index (Phi) is 3.19. The van der Waals surface area contributed by atoms with E-state index in [1.807, 2.05) is 35.7 Å². The molecule has 19 heavy (non-hydrogen) atoms. The summed E-state index contributed by atoms with van der Waals surface area (Å²) < 4.78 is 1.92. The van der Waals surface area contributed by atoms with Gasteiger partial charge in [-0.3, -0.25) is 9.20 Å². The maximum Gasteiger partial charge on any atom is 0.223 e. The van der Waals surface area contributed by atoms with E-state index >= 15 is 0 Å². The Morgan fingerprint density at radius 3 is 2.95 bits per heavy atom. The standard InChI is InChI=1S/C14H18N4O/c1-10(15-14(19)11-6-2-3-7-11)13-17-16-12-8-4-5-9-18(12)13/h4-5,8-11H,2-3,6-7H2,1H3,(H,15,19). The van der Waals surface area contributed by atoms with Gasteiger partial charge in [-0.2, -0.15) is 0 Å². The summed E-state index contributed by atoms with van der Waals surface area (Å²) in [5, 5.41) is 11.3. The second kappa shape index (κ2) is 4.99. The molecule has 1 amide bonds. The second-order valence-corrected chi connectivity index (χ2v) is 5.20. The summed E-state index contributed by atoms with van der Waals surface area (Å²) in [6.07, 6.45) is 6.28. The lowest BCUT2D eigenvalue weighted by atomic mass is 10.1. The smallest absolute Gasteiger partial charge is 0.223 e. The van der Waals surface area contributed by atoms with Gasteiger partial charge in [-0.15, -0.1) is 10.2 Å². The van der Waals surface area contributed by atoms with Gasteiger partial charge in [0.25, 0.3) is 0 Å². The SMILES string of the molecule is CC(NC(=O)C1CCCC1)c1nnc2ccccn12. The van der Waals surface area contributed by atoms with E-state index in [0.717, 1.165) is 24.3 Å². The molecular weight excluding hydrogens is 240 g/mol. The summed E-state index contributed by atoms with van der Waals surface area (Å²) in [7, 11) is 0. The Labute approximate surface area is 112 Å². The monoisotopic (exact) mass is 258 g/mol. The van der Waals surface area contributed by atoms with Gasteiger partial charge >= 0.3 is 0 Å². The minimum Gasteiger partial charge on any atom is -0.346 e. The number of fused-ring (bicyclic) bond motifs is 1. The second-order valence-electron chi connectivity index (χ2n) is 5.20. The minimum atomic E-state index is -0.120. The van der Waals surface area contributed by atoms with Gasteiger partial charge in [-0.25, -0.2) is 0 Å². The number of amides is 1. The summed E-state index contributed by atoms with van der Waals surface area (Å²) in [5.41, 5.74) is 0.805. The molecule has 0 bridgehead atoms. The first-order valence-corrected chi connectivity index (χ1v) is 6.86. The van der Waals surface area contributed by atoms with Crippen molar-refractivity contribution in [3.8, 4) is 0 Å². The average Bonchev–Trinajstić information content (AvgIpc) is 3.08. The van der Waals surface area contributed by atoms with Crippen molar-refractivity contribution in [2.75, 3.05) is 0 Å². The summed E-state index contributed by atoms with van der Waals surface area (Å²) in [6, 6.07) is 5.65. The van der Waals surface area contributed by atoms with Crippen LogP contribution in [-0.4, -0.2) is 20.5 Å². The molecule has 5 nitrogen and oxygen atoms in total. The van der Waals surface area contributed by atoms with Crippen molar-refractivity contribution < 1.29 is 4.79 Å². The number of carbonyl (C=O) groups is 1. The fraction of sp³-hybridized carbons (Fsp3) is 0.500. The highest BCUT2D eigenvalue weighted by atomic mass is 16.1. The maximum atomic E-state index is 12.1. The normalized spacial score (nSPS) is 17.7. The highest BCUT2D eigenvalue weighted by Crippen LogP contribution is 2.25. The number of rotatable bonds is 3. The molecule has 0 saturated heterocycles. The fourth-order valence-corrected chi connectivity index (χ4v) is 2.74. The molecule has 0 aliphatic heterocycles. The molecule has 1 saturated carbocycles. The van der Waals surface area contributed by atoms with E-state index in [9.17, 15) is 4.79 Å². The number of aromatic nitrogens is 3. The number of carbonyl (C=O) groups excluding carboxylic acids is 1. The van der Waals surface area contributed by atoms with Crippen LogP contribution in [0.4, 0.5) is 0 Å². The predicted molar refractivity (Wildman–Crippen MR) is 71.5 cm³/mol. The van der Waals surface area contributed by atoms with E-state index in [1.165, 1.54) is 12.8 Å². The van der Waals surface area contributed by atoms with Crippen LogP contribution in [-0.2, 0) is 4.79 Å². The van der Waals surface area contributed by atoms with Gasteiger partial charge in [0.1, 0.15) is 0 Å². The van der Waals surface area contributed by atoms with Crippen molar-refractivity contribution in [2.45, 2.75) is 38.6 Å². The third-order valence-electron chi connectivity index (χ3n) is 3.81. The molecule has 100 valence electrons. The largest absolute Gasteiger partial charge is 0.346 e. The molecule has 0 radical (unpaired) electrons. The lowest BCUT2D eigenvalue weighted by Crippen LogP contribution is -2.32. The first kappa shape index (κ1) is 12.1. The van der Waals surface area contributed by atoms with Gasteiger partial charge in [-0.1, -0.05) is 18.9 Å². The Morgan fingerprint density at radius 1 is 1.37 bits per heavy atom. The summed E-state index contributed by atoms with van der Waals surface area (Å²) >= 11 is 0. The number of pyridine rings is 1. The number of nitrogens with one attached hydrogen (secondary N) is 1. The molecule has 2 aromatic heterocycles. The van der Waals surface area contributed by atoms with Gasteiger partial charge in [0.05, 0.1) is 6.04 Å². The third-order valence-corrected chi connectivity index (χ3v) is 3.81. The zero-order valence-corrected chi connectivity index (χ0v) is 11.0. The van der Waals surface area contributed by atoms with Gasteiger partial charge in [0.15, 0.2) is 11.5 Å². The number of hydrogen-bond donors (Lipinski definition) is 1. The van der Waals surface area contributed by atoms with Crippen LogP contribution in [0.3, 0.4) is 0 Å². The van der Waals surface area contributed by atoms with E-state index in [-0.39, 0.29) is 17.9 Å². The van der Waals surface area contributed by atoms with Crippen LogP contribution >= 0.6 is 0 Å². The first-order chi connectivity index (χ1) is 9.25. The zero-order valence-electron chi connectivity index (χ0n) is 11.0. The van der Waals surface area contributed by atoms with Crippen molar-refractivity contribution in [1.29, 1.82) is 0 Å². The van der Waals surface area contributed by atoms with Crippen LogP contribution in [0.1, 0.15) is 44.5 Å². The van der Waals surface area contributed by atoms with E-state index in [1.54, 1.807) is 0 Å². The molecule has 3 rings (SSSR count). The van der Waals surface area contributed by atoms with Gasteiger partial charge < -0.3 is 5.32 Å². The van der Waals surface area contributed by atoms with Crippen molar-refractivity contribution in [2.24, 2.45) is 5.92 Å². The molecular formula is C14H18N4O. The first-order valence-electron chi connectivity index (χ1n) is 6.86. The van der Waals surface area contributed by atoms with E-state index in [0.29, 0.717) is 0 Å². The van der Waals surface area contributed by atoms with Crippen molar-refractivity contribution >= 4 is 11.6 Å². The molecule has 1 N–H and O–H groups in total. The zero-order chi connectivity index (χ0) is 13.2. The lowest BCUT2D eigenvalue weighted by molar-refractivity contribution is -0.125. The van der Waals surface area contributed by atoms with Crippen LogP contribution < -0.4 is 5.32 Å². The summed E-state index contributed by atoms with van der Waals surface area (Å²) in [6.45, 7) is 1.95. The molecule has 1 fully saturated rings. The summed E-state index contributed by atoms with van der Waals surface area (Å²) in [4.78, 5) is 12.1. The lowest BCUT2D eigenvalue weighted by Gasteiger charge is -2.15. The van der Waals surface area contributed by atoms with Crippen LogP contribution in [0, 0.1) is 5.92 Å². The quantitative estimate of drug-likeness (QED) is 0.917. The van der Waals surface area contributed by atoms with Crippen LogP contribution in [0.2, 0.25) is 0 Å². The average molecular weight is 258 g/mol. The van der Waals surface area contributed by atoms with Crippen LogP contribution in [0.5, 0.6) is 0 Å². The van der Waals surface area contributed by atoms with E-state index in [2.05, 4.69) is 15.5 Å². The van der Waals surface area contributed by atoms with Crippen molar-refractivity contribution in [3.05, 3.63) is 30.2 Å². The highest BCUT2D eigenvalue weighted by molar-refractivity contribution is 5.79. The summed E-state index contributed by atoms with van der Waals surface area (Å²) in [5.74, 6) is 1.11. The Morgan fingerprint density at radius 2 is 2.16 bits per heavy atom. The molecule has 1 aliphatic carbocycles. The highest BCUT2D eigenvalue weighted by Gasteiger charge is 2.25. The fourth-order valence-electron chi connectivity index (χ4n) is 2.74. The molecule has 1 aliphatic rings. The Hall–Kier alpha value is -1.91. The number of hydrogen-bond acceptors (Lipinski definition) is 3. The van der Waals surface area contributed by atoms with Crippen molar-refractivity contribution in [1.82, 2.24) is 19.9 Å². The van der Waals surface area contributed by atoms with Gasteiger partial charge in [-0.05, 0) is 31.9 Å². The van der Waals surface area contributed by atoms with Crippen LogP contribution in [0.25, 0.3) is 5.65 Å². The molecule has 1 unspecified atom stereocenters. The van der Waals surface area contributed by atoms with Crippen LogP contribution in [0.15, 0.2) is 24.4 Å². The van der Waals surface area contributed by atoms with Crippen molar-refractivity contribution in [3.63, 3.8) is 0 Å². The van der Waals surface area contributed by atoms with Gasteiger partial charge in [0, 0.05) is 12.1 Å². The Balaban J connectivity index is 1.76. The molecule has 0 spiro atoms. The van der Waals surface area contributed by atoms with Gasteiger partial charge in [0.2, 0.25) is 5.91 Å². The topological polar surface area (TPSA) is 59.3 Å². The molecule has 0 aromatic carbocycles. The van der Waals surface area contributed by atoms with E-state index < -0.39 is 0 Å². The maximum absolute atomic E-state index is 12.1. The minimum absolute atomic E-state index is 0.120. The molecule has 5 heteroatoms. The molecule has 2 heterocycles. The number of nitrogens with zero attached hydrogens (tertiary/aromatic N) is 3. The third kappa shape index (κ3) is 2.32. The van der Waals surface area contributed by atoms with E-state index in [4.69, 9.17) is 0 Å².